The van der Waals surface area contributed by atoms with E-state index < -0.39 is 0 Å². The monoisotopic (exact) mass is 268 g/mol. The van der Waals surface area contributed by atoms with Crippen LogP contribution in [0.2, 0.25) is 10.0 Å². The molecule has 2 rings (SSSR count). The van der Waals surface area contributed by atoms with Gasteiger partial charge in [-0.3, -0.25) is 0 Å². The molecule has 0 saturated heterocycles. The molecule has 0 fully saturated rings. The van der Waals surface area contributed by atoms with E-state index in [2.05, 4.69) is 0 Å². The third kappa shape index (κ3) is 3.05. The number of hydrogen-bond donors (Lipinski definition) is 1. The molecule has 88 valence electrons. The molecular formula is C13H10Cl2O2. The Balaban J connectivity index is 2.15. The van der Waals surface area contributed by atoms with Gasteiger partial charge in [-0.2, -0.15) is 0 Å². The summed E-state index contributed by atoms with van der Waals surface area (Å²) in [6, 6.07) is 12.6. The predicted octanol–water partition coefficient (Wildman–Crippen LogP) is 4.28. The molecule has 1 N–H and O–H groups in total. The lowest BCUT2D eigenvalue weighted by Gasteiger charge is -2.10. The van der Waals surface area contributed by atoms with E-state index in [-0.39, 0.29) is 11.5 Å². The highest BCUT2D eigenvalue weighted by Crippen LogP contribution is 2.37. The summed E-state index contributed by atoms with van der Waals surface area (Å²) in [6.45, 7) is 0.343. The third-order valence-electron chi connectivity index (χ3n) is 2.21. The number of hydrogen-bond acceptors (Lipinski definition) is 2. The molecule has 17 heavy (non-hydrogen) atoms. The molecule has 0 atom stereocenters. The van der Waals surface area contributed by atoms with Crippen LogP contribution in [0.5, 0.6) is 11.5 Å². The van der Waals surface area contributed by atoms with Gasteiger partial charge >= 0.3 is 0 Å². The van der Waals surface area contributed by atoms with Gasteiger partial charge in [0, 0.05) is 11.1 Å². The molecule has 0 amide bonds. The summed E-state index contributed by atoms with van der Waals surface area (Å²) in [4.78, 5) is 0. The summed E-state index contributed by atoms with van der Waals surface area (Å²) < 4.78 is 5.47. The molecule has 4 heteroatoms. The first-order chi connectivity index (χ1) is 8.16. The minimum atomic E-state index is -0.0570. The molecule has 0 heterocycles. The smallest absolute Gasteiger partial charge is 0.180 e. The van der Waals surface area contributed by atoms with Crippen LogP contribution in [-0.2, 0) is 6.61 Å². The number of halogens is 2. The molecule has 0 aliphatic rings. The average Bonchev–Trinajstić information content (AvgIpc) is 2.29. The van der Waals surface area contributed by atoms with Crippen molar-refractivity contribution in [1.29, 1.82) is 0 Å². The Hall–Kier alpha value is -1.38. The van der Waals surface area contributed by atoms with Crippen molar-refractivity contribution in [3.63, 3.8) is 0 Å². The molecule has 0 unspecified atom stereocenters. The molecule has 0 aromatic heterocycles. The van der Waals surface area contributed by atoms with Gasteiger partial charge in [-0.05, 0) is 11.6 Å². The van der Waals surface area contributed by atoms with Gasteiger partial charge in [-0.1, -0.05) is 53.5 Å². The van der Waals surface area contributed by atoms with Crippen LogP contribution in [0.25, 0.3) is 0 Å². The highest BCUT2D eigenvalue weighted by atomic mass is 35.5. The van der Waals surface area contributed by atoms with Crippen LogP contribution < -0.4 is 4.74 Å². The van der Waals surface area contributed by atoms with Gasteiger partial charge in [0.25, 0.3) is 0 Å². The lowest BCUT2D eigenvalue weighted by molar-refractivity contribution is 0.289. The van der Waals surface area contributed by atoms with Gasteiger partial charge in [0.2, 0.25) is 0 Å². The second-order valence-corrected chi connectivity index (χ2v) is 4.35. The van der Waals surface area contributed by atoms with E-state index in [9.17, 15) is 5.11 Å². The first kappa shape index (κ1) is 12.1. The molecular weight excluding hydrogens is 259 g/mol. The Morgan fingerprint density at radius 2 is 1.76 bits per heavy atom. The quantitative estimate of drug-likeness (QED) is 0.901. The lowest BCUT2D eigenvalue weighted by Crippen LogP contribution is -1.96. The third-order valence-corrected chi connectivity index (χ3v) is 2.71. The van der Waals surface area contributed by atoms with Crippen molar-refractivity contribution >= 4 is 23.2 Å². The van der Waals surface area contributed by atoms with Gasteiger partial charge in [-0.25, -0.2) is 0 Å². The second kappa shape index (κ2) is 5.30. The van der Waals surface area contributed by atoms with Gasteiger partial charge in [0.05, 0.1) is 5.02 Å². The van der Waals surface area contributed by atoms with Crippen molar-refractivity contribution in [1.82, 2.24) is 0 Å². The lowest BCUT2D eigenvalue weighted by atomic mass is 10.2. The van der Waals surface area contributed by atoms with Gasteiger partial charge in [0.1, 0.15) is 6.61 Å². The Bertz CT molecular complexity index is 489. The van der Waals surface area contributed by atoms with E-state index in [0.29, 0.717) is 16.7 Å². The molecule has 2 nitrogen and oxygen atoms in total. The van der Waals surface area contributed by atoms with Crippen molar-refractivity contribution < 1.29 is 9.84 Å². The average molecular weight is 269 g/mol. The van der Waals surface area contributed by atoms with E-state index in [4.69, 9.17) is 27.9 Å². The maximum atomic E-state index is 9.66. The number of benzene rings is 2. The van der Waals surface area contributed by atoms with Crippen LogP contribution in [0.15, 0.2) is 42.5 Å². The summed E-state index contributed by atoms with van der Waals surface area (Å²) in [5.41, 5.74) is 0.998. The molecule has 0 aliphatic heterocycles. The number of phenols is 1. The highest BCUT2D eigenvalue weighted by molar-refractivity contribution is 6.35. The number of phenolic OH excluding ortho intramolecular Hbond substituents is 1. The minimum absolute atomic E-state index is 0.0570. The van der Waals surface area contributed by atoms with Gasteiger partial charge in [0.15, 0.2) is 11.5 Å². The minimum Gasteiger partial charge on any atom is -0.504 e. The summed E-state index contributed by atoms with van der Waals surface area (Å²) in [5, 5.41) is 10.3. The van der Waals surface area contributed by atoms with Gasteiger partial charge in [-0.15, -0.1) is 0 Å². The maximum absolute atomic E-state index is 9.66. The number of aromatic hydroxyl groups is 1. The largest absolute Gasteiger partial charge is 0.504 e. The predicted molar refractivity (Wildman–Crippen MR) is 68.9 cm³/mol. The molecule has 0 radical (unpaired) electrons. The Morgan fingerprint density at radius 3 is 2.41 bits per heavy atom. The first-order valence-electron chi connectivity index (χ1n) is 5.01. The van der Waals surface area contributed by atoms with E-state index >= 15 is 0 Å². The highest BCUT2D eigenvalue weighted by Gasteiger charge is 2.09. The molecule has 2 aromatic rings. The molecule has 2 aromatic carbocycles. The Kier molecular flexibility index (Phi) is 3.77. The van der Waals surface area contributed by atoms with E-state index in [1.54, 1.807) is 0 Å². The van der Waals surface area contributed by atoms with E-state index in [1.165, 1.54) is 12.1 Å². The van der Waals surface area contributed by atoms with Crippen LogP contribution in [0.4, 0.5) is 0 Å². The number of rotatable bonds is 3. The normalized spacial score (nSPS) is 10.2. The zero-order valence-electron chi connectivity index (χ0n) is 8.86. The second-order valence-electron chi connectivity index (χ2n) is 3.51. The molecule has 0 spiro atoms. The fourth-order valence-corrected chi connectivity index (χ4v) is 1.96. The zero-order chi connectivity index (χ0) is 12.3. The van der Waals surface area contributed by atoms with Crippen molar-refractivity contribution in [2.75, 3.05) is 0 Å². The molecule has 0 saturated carbocycles. The van der Waals surface area contributed by atoms with Crippen LogP contribution in [-0.4, -0.2) is 5.11 Å². The Morgan fingerprint density at radius 1 is 1.06 bits per heavy atom. The Labute approximate surface area is 109 Å². The standard InChI is InChI=1S/C13H10Cl2O2/c14-10-6-11(15)13(12(16)7-10)17-8-9-4-2-1-3-5-9/h1-7,16H,8H2. The summed E-state index contributed by atoms with van der Waals surface area (Å²) >= 11 is 11.7. The number of ether oxygens (including phenoxy) is 1. The van der Waals surface area contributed by atoms with Crippen LogP contribution in [0.1, 0.15) is 5.56 Å². The summed E-state index contributed by atoms with van der Waals surface area (Å²) in [7, 11) is 0. The van der Waals surface area contributed by atoms with Crippen LogP contribution >= 0.6 is 23.2 Å². The molecule has 0 bridgehead atoms. The topological polar surface area (TPSA) is 29.5 Å². The van der Waals surface area contributed by atoms with E-state index in [0.717, 1.165) is 5.56 Å². The SMILES string of the molecule is Oc1cc(Cl)cc(Cl)c1OCc1ccccc1. The molecule has 0 aliphatic carbocycles. The summed E-state index contributed by atoms with van der Waals surface area (Å²) in [5.74, 6) is 0.193. The zero-order valence-corrected chi connectivity index (χ0v) is 10.4. The summed E-state index contributed by atoms with van der Waals surface area (Å²) in [6.07, 6.45) is 0. The fourth-order valence-electron chi connectivity index (χ4n) is 1.42. The van der Waals surface area contributed by atoms with Gasteiger partial charge < -0.3 is 9.84 Å². The maximum Gasteiger partial charge on any atom is 0.180 e. The fraction of sp³-hybridized carbons (Fsp3) is 0.0769. The van der Waals surface area contributed by atoms with Crippen LogP contribution in [0.3, 0.4) is 0 Å². The van der Waals surface area contributed by atoms with Crippen LogP contribution in [0, 0.1) is 0 Å². The van der Waals surface area contributed by atoms with Crippen molar-refractivity contribution in [2.24, 2.45) is 0 Å². The van der Waals surface area contributed by atoms with Crippen molar-refractivity contribution in [3.05, 3.63) is 58.1 Å². The van der Waals surface area contributed by atoms with Crippen molar-refractivity contribution in [3.8, 4) is 11.5 Å². The van der Waals surface area contributed by atoms with Crippen molar-refractivity contribution in [2.45, 2.75) is 6.61 Å². The van der Waals surface area contributed by atoms with E-state index in [1.807, 2.05) is 30.3 Å². The first-order valence-corrected chi connectivity index (χ1v) is 5.77.